The SMILES string of the molecule is COCC(=O)NCC1c2cc(OC)c(OC)cc2CCN1C(=O)Nc1cccc(F)c1. The Morgan fingerprint density at radius 3 is 2.55 bits per heavy atom. The van der Waals surface area contributed by atoms with E-state index in [9.17, 15) is 14.0 Å². The Bertz CT molecular complexity index is 953. The molecule has 2 N–H and O–H groups in total. The first-order valence-electron chi connectivity index (χ1n) is 9.80. The Morgan fingerprint density at radius 2 is 1.87 bits per heavy atom. The van der Waals surface area contributed by atoms with E-state index in [4.69, 9.17) is 14.2 Å². The number of carbonyl (C=O) groups excluding carboxylic acids is 2. The summed E-state index contributed by atoms with van der Waals surface area (Å²) in [5, 5.41) is 5.53. The molecule has 0 spiro atoms. The highest BCUT2D eigenvalue weighted by Gasteiger charge is 2.32. The average molecular weight is 431 g/mol. The van der Waals surface area contributed by atoms with Gasteiger partial charge in [0.05, 0.1) is 20.3 Å². The largest absolute Gasteiger partial charge is 0.493 e. The standard InChI is InChI=1S/C22H26FN3O5/c1-29-13-21(27)24-12-18-17-11-20(31-3)19(30-2)9-14(17)7-8-26(18)22(28)25-16-6-4-5-15(23)10-16/h4-6,9-11,18H,7-8,12-13H2,1-3H3,(H,24,27)(H,25,28). The molecule has 1 aliphatic heterocycles. The summed E-state index contributed by atoms with van der Waals surface area (Å²) < 4.78 is 29.2. The Kier molecular flexibility index (Phi) is 7.30. The van der Waals surface area contributed by atoms with Gasteiger partial charge in [0.2, 0.25) is 5.91 Å². The normalized spacial score (nSPS) is 15.1. The molecule has 2 aromatic carbocycles. The van der Waals surface area contributed by atoms with Crippen LogP contribution in [0.2, 0.25) is 0 Å². The number of urea groups is 1. The van der Waals surface area contributed by atoms with Crippen LogP contribution in [-0.4, -0.2) is 57.9 Å². The lowest BCUT2D eigenvalue weighted by atomic mass is 9.91. The van der Waals surface area contributed by atoms with Crippen molar-refractivity contribution in [3.8, 4) is 11.5 Å². The molecule has 1 unspecified atom stereocenters. The van der Waals surface area contributed by atoms with Crippen LogP contribution in [0, 0.1) is 5.82 Å². The fourth-order valence-electron chi connectivity index (χ4n) is 3.65. The summed E-state index contributed by atoms with van der Waals surface area (Å²) >= 11 is 0. The summed E-state index contributed by atoms with van der Waals surface area (Å²) in [4.78, 5) is 26.6. The van der Waals surface area contributed by atoms with Crippen LogP contribution in [0.3, 0.4) is 0 Å². The van der Waals surface area contributed by atoms with Gasteiger partial charge >= 0.3 is 6.03 Å². The number of nitrogens with one attached hydrogen (secondary N) is 2. The maximum Gasteiger partial charge on any atom is 0.322 e. The van der Waals surface area contributed by atoms with Gasteiger partial charge in [-0.2, -0.15) is 0 Å². The second-order valence-electron chi connectivity index (χ2n) is 7.04. The number of ether oxygens (including phenoxy) is 3. The van der Waals surface area contributed by atoms with Crippen LogP contribution in [0.1, 0.15) is 17.2 Å². The van der Waals surface area contributed by atoms with Gasteiger partial charge in [-0.1, -0.05) is 6.07 Å². The number of nitrogens with zero attached hydrogens (tertiary/aromatic N) is 1. The highest BCUT2D eigenvalue weighted by atomic mass is 19.1. The van der Waals surface area contributed by atoms with Gasteiger partial charge in [0, 0.05) is 25.9 Å². The van der Waals surface area contributed by atoms with Crippen molar-refractivity contribution in [1.82, 2.24) is 10.2 Å². The first-order valence-corrected chi connectivity index (χ1v) is 9.80. The smallest absolute Gasteiger partial charge is 0.322 e. The number of halogens is 1. The van der Waals surface area contributed by atoms with E-state index in [-0.39, 0.29) is 19.1 Å². The summed E-state index contributed by atoms with van der Waals surface area (Å²) in [6.07, 6.45) is 0.592. The fraction of sp³-hybridized carbons (Fsp3) is 0.364. The Hall–Kier alpha value is -3.33. The minimum Gasteiger partial charge on any atom is -0.493 e. The van der Waals surface area contributed by atoms with E-state index in [2.05, 4.69) is 10.6 Å². The first-order chi connectivity index (χ1) is 15.0. The van der Waals surface area contributed by atoms with Crippen molar-refractivity contribution < 1.29 is 28.2 Å². The van der Waals surface area contributed by atoms with Crippen molar-refractivity contribution in [2.24, 2.45) is 0 Å². The number of hydrogen-bond donors (Lipinski definition) is 2. The minimum absolute atomic E-state index is 0.0823. The number of carbonyl (C=O) groups is 2. The van der Waals surface area contributed by atoms with Crippen molar-refractivity contribution >= 4 is 17.6 Å². The third-order valence-corrected chi connectivity index (χ3v) is 5.11. The number of hydrogen-bond acceptors (Lipinski definition) is 5. The van der Waals surface area contributed by atoms with Gasteiger partial charge in [0.1, 0.15) is 12.4 Å². The highest BCUT2D eigenvalue weighted by Crippen LogP contribution is 2.38. The van der Waals surface area contributed by atoms with Crippen LogP contribution in [-0.2, 0) is 16.0 Å². The lowest BCUT2D eigenvalue weighted by Gasteiger charge is -2.37. The first kappa shape index (κ1) is 22.4. The monoisotopic (exact) mass is 431 g/mol. The molecule has 0 aliphatic carbocycles. The van der Waals surface area contributed by atoms with Crippen molar-refractivity contribution in [2.45, 2.75) is 12.5 Å². The molecule has 2 aromatic rings. The quantitative estimate of drug-likeness (QED) is 0.704. The van der Waals surface area contributed by atoms with Crippen molar-refractivity contribution in [3.05, 3.63) is 53.3 Å². The molecule has 9 heteroatoms. The maximum atomic E-state index is 13.5. The molecule has 0 bridgehead atoms. The van der Waals surface area contributed by atoms with Gasteiger partial charge in [-0.25, -0.2) is 9.18 Å². The number of rotatable bonds is 7. The summed E-state index contributed by atoms with van der Waals surface area (Å²) in [6, 6.07) is 8.55. The molecule has 166 valence electrons. The molecule has 31 heavy (non-hydrogen) atoms. The van der Waals surface area contributed by atoms with Crippen LogP contribution >= 0.6 is 0 Å². The summed E-state index contributed by atoms with van der Waals surface area (Å²) in [5.74, 6) is 0.394. The van der Waals surface area contributed by atoms with E-state index in [0.29, 0.717) is 30.2 Å². The van der Waals surface area contributed by atoms with Gasteiger partial charge in [-0.15, -0.1) is 0 Å². The fourth-order valence-corrected chi connectivity index (χ4v) is 3.65. The second-order valence-corrected chi connectivity index (χ2v) is 7.04. The maximum absolute atomic E-state index is 13.5. The van der Waals surface area contributed by atoms with Crippen LogP contribution in [0.5, 0.6) is 11.5 Å². The number of fused-ring (bicyclic) bond motifs is 1. The summed E-state index contributed by atoms with van der Waals surface area (Å²) in [7, 11) is 4.54. The number of anilines is 1. The third-order valence-electron chi connectivity index (χ3n) is 5.11. The van der Waals surface area contributed by atoms with Gasteiger partial charge in [-0.05, 0) is 47.9 Å². The molecule has 3 rings (SSSR count). The second kappa shape index (κ2) is 10.1. The van der Waals surface area contributed by atoms with Gasteiger partial charge in [0.15, 0.2) is 11.5 Å². The van der Waals surface area contributed by atoms with E-state index < -0.39 is 17.9 Å². The Labute approximate surface area is 180 Å². The van der Waals surface area contributed by atoms with E-state index in [1.165, 1.54) is 32.4 Å². The lowest BCUT2D eigenvalue weighted by Crippen LogP contribution is -2.47. The van der Waals surface area contributed by atoms with Crippen molar-refractivity contribution in [2.75, 3.05) is 46.3 Å². The van der Waals surface area contributed by atoms with Crippen molar-refractivity contribution in [3.63, 3.8) is 0 Å². The number of methoxy groups -OCH3 is 3. The highest BCUT2D eigenvalue weighted by molar-refractivity contribution is 5.90. The topological polar surface area (TPSA) is 89.1 Å². The summed E-state index contributed by atoms with van der Waals surface area (Å²) in [6.45, 7) is 0.511. The zero-order valence-corrected chi connectivity index (χ0v) is 17.7. The van der Waals surface area contributed by atoms with E-state index >= 15 is 0 Å². The number of benzene rings is 2. The number of amides is 3. The Balaban J connectivity index is 1.90. The van der Waals surface area contributed by atoms with Crippen LogP contribution in [0.4, 0.5) is 14.9 Å². The molecule has 1 atom stereocenters. The minimum atomic E-state index is -0.460. The van der Waals surface area contributed by atoms with Crippen molar-refractivity contribution in [1.29, 1.82) is 0 Å². The third kappa shape index (κ3) is 5.24. The zero-order valence-electron chi connectivity index (χ0n) is 17.7. The molecule has 0 aromatic heterocycles. The molecular formula is C22H26FN3O5. The molecule has 0 radical (unpaired) electrons. The molecule has 0 saturated carbocycles. The van der Waals surface area contributed by atoms with Gasteiger partial charge < -0.3 is 29.7 Å². The molecular weight excluding hydrogens is 405 g/mol. The van der Waals surface area contributed by atoms with E-state index in [1.807, 2.05) is 12.1 Å². The van der Waals surface area contributed by atoms with Crippen LogP contribution < -0.4 is 20.1 Å². The molecule has 0 saturated heterocycles. The predicted octanol–water partition coefficient (Wildman–Crippen LogP) is 2.74. The van der Waals surface area contributed by atoms with Crippen LogP contribution in [0.15, 0.2) is 36.4 Å². The average Bonchev–Trinajstić information content (AvgIpc) is 2.76. The molecule has 3 amide bonds. The van der Waals surface area contributed by atoms with E-state index in [1.54, 1.807) is 18.1 Å². The van der Waals surface area contributed by atoms with Crippen LogP contribution in [0.25, 0.3) is 0 Å². The molecule has 1 heterocycles. The Morgan fingerprint density at radius 1 is 1.13 bits per heavy atom. The van der Waals surface area contributed by atoms with Gasteiger partial charge in [0.25, 0.3) is 0 Å². The van der Waals surface area contributed by atoms with E-state index in [0.717, 1.165) is 11.1 Å². The molecule has 8 nitrogen and oxygen atoms in total. The van der Waals surface area contributed by atoms with Gasteiger partial charge in [-0.3, -0.25) is 4.79 Å². The summed E-state index contributed by atoms with van der Waals surface area (Å²) in [5.41, 5.74) is 2.19. The molecule has 0 fully saturated rings. The predicted molar refractivity (Wildman–Crippen MR) is 113 cm³/mol. The lowest BCUT2D eigenvalue weighted by molar-refractivity contribution is -0.124. The molecule has 1 aliphatic rings. The zero-order chi connectivity index (χ0) is 22.4.